The molecule has 334 valence electrons. The minimum atomic E-state index is -0.487. The second kappa shape index (κ2) is 26.0. The summed E-state index contributed by atoms with van der Waals surface area (Å²) in [6.45, 7) is 0.558. The van der Waals surface area contributed by atoms with Gasteiger partial charge in [-0.05, 0) is 58.7 Å². The molecule has 0 aliphatic heterocycles. The Morgan fingerprint density at radius 1 is 0.554 bits per heavy atom. The molecule has 16 nitrogen and oxygen atoms in total. The number of rotatable bonds is 17. The van der Waals surface area contributed by atoms with Crippen molar-refractivity contribution in [3.63, 3.8) is 0 Å². The van der Waals surface area contributed by atoms with Crippen LogP contribution in [0.1, 0.15) is 33.6 Å². The first-order valence-electron chi connectivity index (χ1n) is 18.8. The van der Waals surface area contributed by atoms with E-state index in [4.69, 9.17) is 23.7 Å². The van der Waals surface area contributed by atoms with Gasteiger partial charge < -0.3 is 39.4 Å². The van der Waals surface area contributed by atoms with Crippen LogP contribution in [-0.4, -0.2) is 75.9 Å². The van der Waals surface area contributed by atoms with Gasteiger partial charge in [0.1, 0.15) is 11.6 Å². The third-order valence-electron chi connectivity index (χ3n) is 8.60. The first-order valence-corrected chi connectivity index (χ1v) is 21.5. The van der Waals surface area contributed by atoms with E-state index in [0.717, 1.165) is 16.7 Å². The van der Waals surface area contributed by atoms with Crippen molar-refractivity contribution in [2.24, 2.45) is 0 Å². The third kappa shape index (κ3) is 16.3. The summed E-state index contributed by atoms with van der Waals surface area (Å²) in [5.74, 6) is 0.273. The highest BCUT2D eigenvalue weighted by Crippen LogP contribution is 2.33. The van der Waals surface area contributed by atoms with Gasteiger partial charge in [-0.3, -0.25) is 28.8 Å². The number of hydrogen-bond acceptors (Lipinski definition) is 14. The topological polar surface area (TPSA) is 219 Å². The van der Waals surface area contributed by atoms with E-state index in [0.29, 0.717) is 52.3 Å². The quantitative estimate of drug-likeness (QED) is 0.0336. The summed E-state index contributed by atoms with van der Waals surface area (Å²) in [5, 5.41) is 14.8. The first kappa shape index (κ1) is 50.7. The maximum Gasteiger partial charge on any atom is 0.369 e. The number of Topliss-reactive ketones (excluding diaryl/α,β-unsaturated/α-hetero) is 2. The number of amides is 2. The fraction of sp³-hybridized carbons (Fsp3) is 0.111. The minimum absolute atomic E-state index is 0.0328. The van der Waals surface area contributed by atoms with E-state index < -0.39 is 11.8 Å². The maximum absolute atomic E-state index is 12.5. The molecule has 2 amide bonds. The zero-order valence-corrected chi connectivity index (χ0v) is 39.4. The first-order chi connectivity index (χ1) is 31.3. The van der Waals surface area contributed by atoms with Crippen molar-refractivity contribution in [1.29, 1.82) is 0 Å². The number of aromatic nitrogens is 2. The minimum Gasteiger partial charge on any atom is -0.504 e. The number of benzene rings is 4. The molecule has 6 aromatic rings. The van der Waals surface area contributed by atoms with Crippen molar-refractivity contribution >= 4 is 98.4 Å². The highest BCUT2D eigenvalue weighted by atomic mass is 79.9. The fourth-order valence-corrected chi connectivity index (χ4v) is 5.60. The molecule has 0 aliphatic rings. The number of halogens is 3. The van der Waals surface area contributed by atoms with Crippen molar-refractivity contribution < 1.29 is 57.6 Å². The highest BCUT2D eigenvalue weighted by Gasteiger charge is 2.16. The summed E-state index contributed by atoms with van der Waals surface area (Å²) in [6.07, 6.45) is -0.660. The van der Waals surface area contributed by atoms with Gasteiger partial charge in [-0.15, -0.1) is 47.3 Å². The molecule has 2 aromatic heterocycles. The van der Waals surface area contributed by atoms with Gasteiger partial charge >= 0.3 is 3.18 Å². The number of phenolic OH excluding ortho intramolecular Hbond substituents is 1. The molecule has 0 aliphatic carbocycles. The van der Waals surface area contributed by atoms with E-state index in [1.807, 2.05) is 6.07 Å². The van der Waals surface area contributed by atoms with Gasteiger partial charge in [0, 0.05) is 23.3 Å². The number of methoxy groups -OCH3 is 3. The smallest absolute Gasteiger partial charge is 0.369 e. The Balaban J connectivity index is 0.000000263. The van der Waals surface area contributed by atoms with E-state index in [1.165, 1.54) is 33.5 Å². The number of carbonyl (C=O) groups is 6. The van der Waals surface area contributed by atoms with Gasteiger partial charge in [0.15, 0.2) is 34.6 Å². The average Bonchev–Trinajstić information content (AvgIpc) is 3.30. The molecule has 0 spiro atoms. The third-order valence-corrected chi connectivity index (χ3v) is 8.60. The van der Waals surface area contributed by atoms with Gasteiger partial charge in [0.25, 0.3) is 12.9 Å². The molecule has 0 radical (unpaired) electrons. The SMILES string of the molecule is BrB(Br)Br.COc1cccc(NC(=O)CC(=O)c2ccc(-c3ccc(O)c(OC=O)c3)cc2)n1.COc1cccc(NC(=O)CC(=O)c2ccc(-c3ccc(OC)c(OC=O)c3)cc2)n1. The average molecular weight is 1080 g/mol. The number of nitrogens with one attached hydrogen (secondary N) is 2. The van der Waals surface area contributed by atoms with Crippen LogP contribution in [0, 0.1) is 0 Å². The predicted molar refractivity (Wildman–Crippen MR) is 255 cm³/mol. The number of carbonyl (C=O) groups excluding carboxylic acids is 6. The zero-order valence-electron chi connectivity index (χ0n) is 34.7. The second-order valence-electron chi connectivity index (χ2n) is 12.8. The van der Waals surface area contributed by atoms with Crippen molar-refractivity contribution in [3.05, 3.63) is 132 Å². The Kier molecular flexibility index (Phi) is 20.3. The molecule has 4 aromatic carbocycles. The lowest BCUT2D eigenvalue weighted by Crippen LogP contribution is -2.17. The number of aromatic hydroxyl groups is 1. The summed E-state index contributed by atoms with van der Waals surface area (Å²) in [4.78, 5) is 78.5. The van der Waals surface area contributed by atoms with E-state index in [2.05, 4.69) is 67.9 Å². The summed E-state index contributed by atoms with van der Waals surface area (Å²) >= 11 is 9.31. The van der Waals surface area contributed by atoms with Crippen molar-refractivity contribution in [3.8, 4) is 57.0 Å². The summed E-state index contributed by atoms with van der Waals surface area (Å²) < 4.78 is 25.1. The summed E-state index contributed by atoms with van der Waals surface area (Å²) in [7, 11) is 4.42. The highest BCUT2D eigenvalue weighted by molar-refractivity contribution is 9.69. The second-order valence-corrected chi connectivity index (χ2v) is 19.2. The lowest BCUT2D eigenvalue weighted by molar-refractivity contribution is -0.121. The number of nitrogens with zero attached hydrogens (tertiary/aromatic N) is 2. The van der Waals surface area contributed by atoms with Gasteiger partial charge in [-0.25, -0.2) is 0 Å². The van der Waals surface area contributed by atoms with Crippen LogP contribution in [0.3, 0.4) is 0 Å². The van der Waals surface area contributed by atoms with Crippen LogP contribution in [0.15, 0.2) is 121 Å². The number of pyridine rings is 2. The molecule has 2 heterocycles. The molecule has 0 unspecified atom stereocenters. The van der Waals surface area contributed by atoms with Gasteiger partial charge in [-0.1, -0.05) is 72.8 Å². The Morgan fingerprint density at radius 2 is 0.954 bits per heavy atom. The monoisotopic (exact) mass is 1070 g/mol. The molecule has 65 heavy (non-hydrogen) atoms. The van der Waals surface area contributed by atoms with Crippen LogP contribution in [0.5, 0.6) is 34.8 Å². The van der Waals surface area contributed by atoms with Crippen LogP contribution in [0.25, 0.3) is 22.3 Å². The zero-order chi connectivity index (χ0) is 47.3. The largest absolute Gasteiger partial charge is 0.504 e. The van der Waals surface area contributed by atoms with Gasteiger partial charge in [-0.2, -0.15) is 9.97 Å². The van der Waals surface area contributed by atoms with Gasteiger partial charge in [0.05, 0.1) is 34.2 Å². The van der Waals surface area contributed by atoms with E-state index in [-0.39, 0.29) is 51.3 Å². The molecule has 3 N–H and O–H groups in total. The standard InChI is InChI=1S/C23H20N2O6.C22H18N2O6.BBr3/c1-29-19-11-10-17(12-20(19)31-14-26)15-6-8-16(9-7-15)18(27)13-22(28)24-21-4-3-5-23(25-21)30-2;1-29-22-4-2-3-20(24-22)23-21(28)12-18(27)15-7-5-14(6-8-15)16-9-10-17(26)19(11-16)30-13-25;2-1(3)4/h3-12,14H,13H2,1-2H3,(H,24,25,28);2-11,13,26H,12H2,1H3,(H,23,24,28);. The summed E-state index contributed by atoms with van der Waals surface area (Å²) in [6, 6.07) is 33.0. The molecule has 6 rings (SSSR count). The lowest BCUT2D eigenvalue weighted by atomic mass is 10.0. The van der Waals surface area contributed by atoms with Crippen molar-refractivity contribution in [2.75, 3.05) is 32.0 Å². The Hall–Kier alpha value is -6.90. The van der Waals surface area contributed by atoms with Crippen molar-refractivity contribution in [2.45, 2.75) is 12.8 Å². The predicted octanol–water partition coefficient (Wildman–Crippen LogP) is 8.88. The molecular weight excluding hydrogens is 1040 g/mol. The normalized spacial score (nSPS) is 9.94. The number of phenols is 1. The molecule has 0 saturated heterocycles. The van der Waals surface area contributed by atoms with E-state index in [1.54, 1.807) is 103 Å². The Labute approximate surface area is 398 Å². The maximum atomic E-state index is 12.5. The molecule has 0 saturated carbocycles. The van der Waals surface area contributed by atoms with Crippen LogP contribution in [0.4, 0.5) is 11.6 Å². The molecule has 0 atom stereocenters. The number of ketones is 2. The molecule has 0 bridgehead atoms. The van der Waals surface area contributed by atoms with Crippen LogP contribution in [0.2, 0.25) is 0 Å². The van der Waals surface area contributed by atoms with Crippen molar-refractivity contribution in [1.82, 2.24) is 9.97 Å². The van der Waals surface area contributed by atoms with Crippen LogP contribution >= 0.6 is 47.3 Å². The number of hydrogen-bond donors (Lipinski definition) is 3. The number of ether oxygens (including phenoxy) is 5. The van der Waals surface area contributed by atoms with Gasteiger partial charge in [0.2, 0.25) is 23.6 Å². The molecule has 20 heteroatoms. The van der Waals surface area contributed by atoms with Crippen LogP contribution in [-0.2, 0) is 19.2 Å². The van der Waals surface area contributed by atoms with E-state index in [9.17, 15) is 33.9 Å². The Morgan fingerprint density at radius 3 is 1.37 bits per heavy atom. The summed E-state index contributed by atoms with van der Waals surface area (Å²) in [5.41, 5.74) is 3.78. The van der Waals surface area contributed by atoms with Crippen LogP contribution < -0.4 is 34.3 Å². The lowest BCUT2D eigenvalue weighted by Gasteiger charge is -2.09. The number of anilines is 2. The molecular formula is C45H38BBr3N4O12. The Bertz CT molecular complexity index is 2600. The molecule has 0 fully saturated rings. The fourth-order valence-electron chi connectivity index (χ4n) is 5.60. The van der Waals surface area contributed by atoms with E-state index >= 15 is 0 Å².